The van der Waals surface area contributed by atoms with E-state index in [1.54, 1.807) is 0 Å². The minimum Gasteiger partial charge on any atom is -0.381 e. The molecule has 3 rings (SSSR count). The highest BCUT2D eigenvalue weighted by molar-refractivity contribution is 5.86. The summed E-state index contributed by atoms with van der Waals surface area (Å²) in [6, 6.07) is 0. The van der Waals surface area contributed by atoms with E-state index >= 15 is 0 Å². The summed E-state index contributed by atoms with van der Waals surface area (Å²) in [5.74, 6) is 1.41. The molecular formula is C17H31Cl2N5O3. The summed E-state index contributed by atoms with van der Waals surface area (Å²) >= 11 is 0. The third-order valence-electron chi connectivity index (χ3n) is 4.95. The van der Waals surface area contributed by atoms with E-state index in [-0.39, 0.29) is 36.1 Å². The molecule has 8 nitrogen and oxygen atoms in total. The zero-order chi connectivity index (χ0) is 18.1. The number of hydrogen-bond acceptors (Lipinski definition) is 7. The lowest BCUT2D eigenvalue weighted by Gasteiger charge is -2.40. The number of hydrogen-bond donors (Lipinski definition) is 1. The number of aromatic nitrogens is 2. The van der Waals surface area contributed by atoms with Crippen molar-refractivity contribution in [2.75, 3.05) is 39.4 Å². The molecule has 3 heterocycles. The number of nitrogens with two attached hydrogens (primary N) is 1. The molecule has 2 saturated heterocycles. The Morgan fingerprint density at radius 3 is 2.26 bits per heavy atom. The lowest BCUT2D eigenvalue weighted by Crippen LogP contribution is -2.61. The lowest BCUT2D eigenvalue weighted by molar-refractivity contribution is -0.142. The van der Waals surface area contributed by atoms with Crippen LogP contribution in [0.1, 0.15) is 45.3 Å². The first-order chi connectivity index (χ1) is 11.8. The SMILES string of the molecule is CC(C)(C)c1nc(CN2CCN(C(=O)C3(N)CCOCC3)CC2)no1.Cl.Cl. The van der Waals surface area contributed by atoms with Gasteiger partial charge in [0.1, 0.15) is 0 Å². The third kappa shape index (κ3) is 5.77. The largest absolute Gasteiger partial charge is 0.381 e. The van der Waals surface area contributed by atoms with E-state index in [1.165, 1.54) is 0 Å². The van der Waals surface area contributed by atoms with E-state index in [4.69, 9.17) is 15.0 Å². The van der Waals surface area contributed by atoms with E-state index < -0.39 is 5.54 Å². The van der Waals surface area contributed by atoms with E-state index in [9.17, 15) is 4.79 Å². The Morgan fingerprint density at radius 1 is 1.15 bits per heavy atom. The fourth-order valence-corrected chi connectivity index (χ4v) is 3.20. The van der Waals surface area contributed by atoms with Gasteiger partial charge in [0.25, 0.3) is 0 Å². The van der Waals surface area contributed by atoms with Gasteiger partial charge in [-0.25, -0.2) is 0 Å². The maximum Gasteiger partial charge on any atom is 0.242 e. The molecule has 2 aliphatic heterocycles. The van der Waals surface area contributed by atoms with Crippen LogP contribution in [0.15, 0.2) is 4.52 Å². The van der Waals surface area contributed by atoms with Crippen molar-refractivity contribution in [3.63, 3.8) is 0 Å². The molecule has 156 valence electrons. The van der Waals surface area contributed by atoms with Crippen LogP contribution in [0, 0.1) is 0 Å². The van der Waals surface area contributed by atoms with Gasteiger partial charge >= 0.3 is 0 Å². The molecule has 27 heavy (non-hydrogen) atoms. The molecule has 1 amide bonds. The zero-order valence-electron chi connectivity index (χ0n) is 16.3. The predicted octanol–water partition coefficient (Wildman–Crippen LogP) is 1.36. The number of amides is 1. The van der Waals surface area contributed by atoms with Crippen molar-refractivity contribution in [1.82, 2.24) is 19.9 Å². The molecule has 1 aromatic heterocycles. The Kier molecular flexibility index (Phi) is 8.50. The van der Waals surface area contributed by atoms with Crippen LogP contribution in [-0.4, -0.2) is 70.8 Å². The average molecular weight is 424 g/mol. The summed E-state index contributed by atoms with van der Waals surface area (Å²) < 4.78 is 10.7. The Balaban J connectivity index is 0.00000182. The number of carbonyl (C=O) groups excluding carboxylic acids is 1. The number of ether oxygens (including phenoxy) is 1. The number of carbonyl (C=O) groups is 1. The highest BCUT2D eigenvalue weighted by Crippen LogP contribution is 2.22. The third-order valence-corrected chi connectivity index (χ3v) is 4.95. The first kappa shape index (κ1) is 24.1. The number of halogens is 2. The molecule has 0 atom stereocenters. The second kappa shape index (κ2) is 9.52. The van der Waals surface area contributed by atoms with E-state index in [0.717, 1.165) is 13.1 Å². The highest BCUT2D eigenvalue weighted by Gasteiger charge is 2.39. The lowest BCUT2D eigenvalue weighted by atomic mass is 9.89. The van der Waals surface area contributed by atoms with Crippen molar-refractivity contribution in [3.8, 4) is 0 Å². The van der Waals surface area contributed by atoms with Crippen LogP contribution in [0.5, 0.6) is 0 Å². The van der Waals surface area contributed by atoms with Gasteiger partial charge in [-0.2, -0.15) is 4.98 Å². The fourth-order valence-electron chi connectivity index (χ4n) is 3.20. The number of rotatable bonds is 3. The normalized spacial score (nSPS) is 20.5. The van der Waals surface area contributed by atoms with Gasteiger partial charge in [0, 0.05) is 44.8 Å². The Bertz CT molecular complexity index is 606. The molecule has 1 aromatic rings. The summed E-state index contributed by atoms with van der Waals surface area (Å²) in [4.78, 5) is 21.4. The zero-order valence-corrected chi connectivity index (χ0v) is 17.9. The Hall–Kier alpha value is -0.930. The second-order valence-electron chi connectivity index (χ2n) is 8.10. The quantitative estimate of drug-likeness (QED) is 0.783. The highest BCUT2D eigenvalue weighted by atomic mass is 35.5. The van der Waals surface area contributed by atoms with Gasteiger partial charge in [-0.1, -0.05) is 25.9 Å². The van der Waals surface area contributed by atoms with Crippen molar-refractivity contribution in [2.24, 2.45) is 5.73 Å². The van der Waals surface area contributed by atoms with Crippen molar-refractivity contribution in [1.29, 1.82) is 0 Å². The van der Waals surface area contributed by atoms with Crippen molar-refractivity contribution >= 4 is 30.7 Å². The van der Waals surface area contributed by atoms with Crippen LogP contribution in [-0.2, 0) is 21.5 Å². The molecule has 0 saturated carbocycles. The van der Waals surface area contributed by atoms with Crippen molar-refractivity contribution < 1.29 is 14.1 Å². The molecular weight excluding hydrogens is 393 g/mol. The predicted molar refractivity (Wildman–Crippen MR) is 106 cm³/mol. The van der Waals surface area contributed by atoms with E-state index in [1.807, 2.05) is 25.7 Å². The number of piperazine rings is 1. The smallest absolute Gasteiger partial charge is 0.242 e. The molecule has 10 heteroatoms. The van der Waals surface area contributed by atoms with Crippen LogP contribution in [0.4, 0.5) is 0 Å². The standard InChI is InChI=1S/C17H29N5O3.2ClH/c1-16(2,3)14-19-13(20-25-14)12-21-6-8-22(9-7-21)15(23)17(18)4-10-24-11-5-17;;/h4-12,18H2,1-3H3;2*1H. The maximum atomic E-state index is 12.7. The van der Waals surface area contributed by atoms with Gasteiger partial charge < -0.3 is 19.9 Å². The average Bonchev–Trinajstić information content (AvgIpc) is 3.04. The van der Waals surface area contributed by atoms with Gasteiger partial charge in [-0.3, -0.25) is 9.69 Å². The Labute approximate surface area is 173 Å². The van der Waals surface area contributed by atoms with Crippen LogP contribution in [0.3, 0.4) is 0 Å². The minimum absolute atomic E-state index is 0. The minimum atomic E-state index is -0.754. The molecule has 0 radical (unpaired) electrons. The molecule has 0 spiro atoms. The van der Waals surface area contributed by atoms with Gasteiger partial charge in [0.2, 0.25) is 11.8 Å². The van der Waals surface area contributed by atoms with Gasteiger partial charge in [-0.15, -0.1) is 24.8 Å². The molecule has 2 N–H and O–H groups in total. The van der Waals surface area contributed by atoms with Crippen molar-refractivity contribution in [2.45, 2.75) is 51.1 Å². The van der Waals surface area contributed by atoms with E-state index in [0.29, 0.717) is 57.4 Å². The first-order valence-electron chi connectivity index (χ1n) is 8.99. The first-order valence-corrected chi connectivity index (χ1v) is 8.99. The van der Waals surface area contributed by atoms with Crippen LogP contribution in [0.25, 0.3) is 0 Å². The molecule has 2 fully saturated rings. The topological polar surface area (TPSA) is 97.7 Å². The summed E-state index contributed by atoms with van der Waals surface area (Å²) in [5, 5.41) is 4.07. The van der Waals surface area contributed by atoms with Gasteiger partial charge in [0.05, 0.1) is 12.1 Å². The molecule has 2 aliphatic rings. The molecule has 0 unspecified atom stereocenters. The molecule has 0 aromatic carbocycles. The molecule has 0 bridgehead atoms. The summed E-state index contributed by atoms with van der Waals surface area (Å²) in [6.45, 7) is 10.9. The van der Waals surface area contributed by atoms with Gasteiger partial charge in [0.15, 0.2) is 5.82 Å². The van der Waals surface area contributed by atoms with Gasteiger partial charge in [-0.05, 0) is 12.8 Å². The second-order valence-corrected chi connectivity index (χ2v) is 8.10. The molecule has 0 aliphatic carbocycles. The number of nitrogens with zero attached hydrogens (tertiary/aromatic N) is 4. The summed E-state index contributed by atoms with van der Waals surface area (Å²) in [6.07, 6.45) is 1.20. The van der Waals surface area contributed by atoms with Crippen LogP contribution in [0.2, 0.25) is 0 Å². The van der Waals surface area contributed by atoms with E-state index in [2.05, 4.69) is 15.0 Å². The van der Waals surface area contributed by atoms with Crippen LogP contribution < -0.4 is 5.73 Å². The monoisotopic (exact) mass is 423 g/mol. The maximum absolute atomic E-state index is 12.7. The van der Waals surface area contributed by atoms with Crippen molar-refractivity contribution in [3.05, 3.63) is 11.7 Å². The fraction of sp³-hybridized carbons (Fsp3) is 0.824. The van der Waals surface area contributed by atoms with Crippen LogP contribution >= 0.6 is 24.8 Å². The Morgan fingerprint density at radius 2 is 1.74 bits per heavy atom. The summed E-state index contributed by atoms with van der Waals surface area (Å²) in [5.41, 5.74) is 5.42. The summed E-state index contributed by atoms with van der Waals surface area (Å²) in [7, 11) is 0.